The molecule has 1 rings (SSSR count). The summed E-state index contributed by atoms with van der Waals surface area (Å²) in [7, 11) is 0. The fourth-order valence-corrected chi connectivity index (χ4v) is 2.13. The molecule has 2 heteroatoms. The van der Waals surface area contributed by atoms with E-state index < -0.39 is 0 Å². The van der Waals surface area contributed by atoms with Gasteiger partial charge in [-0.1, -0.05) is 31.2 Å². The molecule has 0 aliphatic carbocycles. The van der Waals surface area contributed by atoms with Crippen molar-refractivity contribution in [2.75, 3.05) is 13.1 Å². The third-order valence-corrected chi connectivity index (χ3v) is 3.20. The highest BCUT2D eigenvalue weighted by Crippen LogP contribution is 2.19. The molecule has 2 nitrogen and oxygen atoms in total. The van der Waals surface area contributed by atoms with Crippen LogP contribution in [0.2, 0.25) is 0 Å². The summed E-state index contributed by atoms with van der Waals surface area (Å²) in [5.41, 5.74) is 2.22. The molecule has 0 aliphatic rings. The highest BCUT2D eigenvalue weighted by atomic mass is 16.3. The Hall–Kier alpha value is -0.860. The Balaban J connectivity index is 2.70. The summed E-state index contributed by atoms with van der Waals surface area (Å²) in [6.45, 7) is 10.4. The largest absolute Gasteiger partial charge is 0.387 e. The number of hydrogen-bond donors (Lipinski definition) is 1. The molecule has 0 radical (unpaired) electrons. The van der Waals surface area contributed by atoms with Crippen LogP contribution in [0.3, 0.4) is 0 Å². The molecule has 0 spiro atoms. The van der Waals surface area contributed by atoms with Gasteiger partial charge in [-0.05, 0) is 44.9 Å². The minimum Gasteiger partial charge on any atom is -0.387 e. The number of nitrogens with zero attached hydrogens (tertiary/aromatic N) is 1. The van der Waals surface area contributed by atoms with Crippen LogP contribution >= 0.6 is 0 Å². The Kier molecular flexibility index (Phi) is 5.66. The molecule has 0 amide bonds. The topological polar surface area (TPSA) is 23.5 Å². The van der Waals surface area contributed by atoms with Gasteiger partial charge in [-0.15, -0.1) is 0 Å². The van der Waals surface area contributed by atoms with Crippen molar-refractivity contribution in [3.05, 3.63) is 35.4 Å². The van der Waals surface area contributed by atoms with Crippen LogP contribution < -0.4 is 0 Å². The number of aliphatic hydroxyl groups excluding tert-OH is 1. The van der Waals surface area contributed by atoms with Gasteiger partial charge < -0.3 is 5.11 Å². The molecule has 0 aromatic heterocycles. The molecule has 0 bridgehead atoms. The maximum Gasteiger partial charge on any atom is 0.0919 e. The van der Waals surface area contributed by atoms with Crippen LogP contribution in [0.25, 0.3) is 0 Å². The van der Waals surface area contributed by atoms with Gasteiger partial charge in [-0.2, -0.15) is 0 Å². The van der Waals surface area contributed by atoms with Crippen molar-refractivity contribution in [1.29, 1.82) is 0 Å². The summed E-state index contributed by atoms with van der Waals surface area (Å²) < 4.78 is 0. The lowest BCUT2D eigenvalue weighted by Crippen LogP contribution is -2.35. The van der Waals surface area contributed by atoms with E-state index in [1.807, 2.05) is 18.2 Å². The maximum absolute atomic E-state index is 10.3. The van der Waals surface area contributed by atoms with Gasteiger partial charge in [-0.25, -0.2) is 0 Å². The van der Waals surface area contributed by atoms with E-state index in [-0.39, 0.29) is 6.10 Å². The number of aryl methyl sites for hydroxylation is 1. The zero-order valence-corrected chi connectivity index (χ0v) is 11.5. The van der Waals surface area contributed by atoms with Crippen LogP contribution in [0.4, 0.5) is 0 Å². The third kappa shape index (κ3) is 4.14. The van der Waals surface area contributed by atoms with E-state index in [2.05, 4.69) is 38.7 Å². The van der Waals surface area contributed by atoms with E-state index in [1.165, 1.54) is 5.56 Å². The van der Waals surface area contributed by atoms with Gasteiger partial charge in [0.15, 0.2) is 0 Å². The van der Waals surface area contributed by atoms with Gasteiger partial charge in [0.2, 0.25) is 0 Å². The Morgan fingerprint density at radius 3 is 2.41 bits per heavy atom. The summed E-state index contributed by atoms with van der Waals surface area (Å²) in [5, 5.41) is 10.3. The van der Waals surface area contributed by atoms with Gasteiger partial charge in [0, 0.05) is 12.6 Å². The highest BCUT2D eigenvalue weighted by Gasteiger charge is 2.16. The molecule has 1 N–H and O–H groups in total. The molecule has 0 fully saturated rings. The molecule has 1 atom stereocenters. The van der Waals surface area contributed by atoms with E-state index in [0.717, 1.165) is 25.1 Å². The average molecular weight is 235 g/mol. The first-order valence-corrected chi connectivity index (χ1v) is 6.53. The quantitative estimate of drug-likeness (QED) is 0.818. The van der Waals surface area contributed by atoms with Crippen molar-refractivity contribution in [1.82, 2.24) is 4.90 Å². The molecular weight excluding hydrogens is 210 g/mol. The fraction of sp³-hybridized carbons (Fsp3) is 0.600. The number of hydrogen-bond acceptors (Lipinski definition) is 2. The summed E-state index contributed by atoms with van der Waals surface area (Å²) >= 11 is 0. The lowest BCUT2D eigenvalue weighted by molar-refractivity contribution is 0.0951. The molecular formula is C15H25NO. The van der Waals surface area contributed by atoms with E-state index in [0.29, 0.717) is 6.04 Å². The van der Waals surface area contributed by atoms with E-state index in [1.54, 1.807) is 0 Å². The summed E-state index contributed by atoms with van der Waals surface area (Å²) in [4.78, 5) is 2.33. The van der Waals surface area contributed by atoms with Gasteiger partial charge >= 0.3 is 0 Å². The average Bonchev–Trinajstić information content (AvgIpc) is 2.28. The molecule has 0 aliphatic heterocycles. The highest BCUT2D eigenvalue weighted by molar-refractivity contribution is 5.27. The predicted molar refractivity (Wildman–Crippen MR) is 73.1 cm³/mol. The number of benzene rings is 1. The SMILES string of the molecule is CCCN(CC(O)c1ccccc1C)C(C)C. The zero-order chi connectivity index (χ0) is 12.8. The molecule has 96 valence electrons. The molecule has 1 unspecified atom stereocenters. The van der Waals surface area contributed by atoms with E-state index in [4.69, 9.17) is 0 Å². The second kappa shape index (κ2) is 6.77. The molecule has 17 heavy (non-hydrogen) atoms. The first-order chi connectivity index (χ1) is 8.06. The van der Waals surface area contributed by atoms with Crippen molar-refractivity contribution in [2.24, 2.45) is 0 Å². The minimum atomic E-state index is -0.384. The van der Waals surface area contributed by atoms with Crippen molar-refractivity contribution in [3.8, 4) is 0 Å². The van der Waals surface area contributed by atoms with Crippen molar-refractivity contribution in [2.45, 2.75) is 46.3 Å². The Labute approximate surface area is 105 Å². The fourth-order valence-electron chi connectivity index (χ4n) is 2.13. The van der Waals surface area contributed by atoms with E-state index >= 15 is 0 Å². The number of rotatable bonds is 6. The van der Waals surface area contributed by atoms with Crippen molar-refractivity contribution >= 4 is 0 Å². The van der Waals surface area contributed by atoms with Crippen LogP contribution in [-0.2, 0) is 0 Å². The Morgan fingerprint density at radius 2 is 1.88 bits per heavy atom. The van der Waals surface area contributed by atoms with Gasteiger partial charge in [0.25, 0.3) is 0 Å². The summed E-state index contributed by atoms with van der Waals surface area (Å²) in [5.74, 6) is 0. The Bertz CT molecular complexity index is 335. The smallest absolute Gasteiger partial charge is 0.0919 e. The molecule has 0 heterocycles. The molecule has 0 saturated carbocycles. The van der Waals surface area contributed by atoms with Crippen molar-refractivity contribution < 1.29 is 5.11 Å². The normalized spacial score (nSPS) is 13.4. The lowest BCUT2D eigenvalue weighted by atomic mass is 10.0. The second-order valence-electron chi connectivity index (χ2n) is 4.96. The predicted octanol–water partition coefficient (Wildman–Crippen LogP) is 3.15. The monoisotopic (exact) mass is 235 g/mol. The standard InChI is InChI=1S/C15H25NO/c1-5-10-16(12(2)3)11-15(17)14-9-7-6-8-13(14)4/h6-9,12,15,17H,5,10-11H2,1-4H3. The van der Waals surface area contributed by atoms with Gasteiger partial charge in [0.05, 0.1) is 6.10 Å². The van der Waals surface area contributed by atoms with Crippen molar-refractivity contribution in [3.63, 3.8) is 0 Å². The summed E-state index contributed by atoms with van der Waals surface area (Å²) in [6.07, 6.45) is 0.740. The van der Waals surface area contributed by atoms with Crippen LogP contribution in [0, 0.1) is 6.92 Å². The van der Waals surface area contributed by atoms with Crippen LogP contribution in [-0.4, -0.2) is 29.1 Å². The van der Waals surface area contributed by atoms with Gasteiger partial charge in [0.1, 0.15) is 0 Å². The van der Waals surface area contributed by atoms with E-state index in [9.17, 15) is 5.11 Å². The molecule has 1 aromatic rings. The molecule has 0 saturated heterocycles. The second-order valence-corrected chi connectivity index (χ2v) is 4.96. The number of aliphatic hydroxyl groups is 1. The Morgan fingerprint density at radius 1 is 1.24 bits per heavy atom. The lowest BCUT2D eigenvalue weighted by Gasteiger charge is -2.28. The first-order valence-electron chi connectivity index (χ1n) is 6.53. The minimum absolute atomic E-state index is 0.384. The third-order valence-electron chi connectivity index (χ3n) is 3.20. The van der Waals surface area contributed by atoms with Crippen LogP contribution in [0.5, 0.6) is 0 Å². The van der Waals surface area contributed by atoms with Crippen LogP contribution in [0.1, 0.15) is 44.4 Å². The zero-order valence-electron chi connectivity index (χ0n) is 11.5. The summed E-state index contributed by atoms with van der Waals surface area (Å²) in [6, 6.07) is 8.56. The first kappa shape index (κ1) is 14.2. The maximum atomic E-state index is 10.3. The van der Waals surface area contributed by atoms with Crippen LogP contribution in [0.15, 0.2) is 24.3 Å². The molecule has 1 aromatic carbocycles. The van der Waals surface area contributed by atoms with Gasteiger partial charge in [-0.3, -0.25) is 4.90 Å².